The van der Waals surface area contributed by atoms with Gasteiger partial charge in [-0.1, -0.05) is 0 Å². The lowest BCUT2D eigenvalue weighted by Crippen LogP contribution is -2.30. The molecule has 0 saturated heterocycles. The van der Waals surface area contributed by atoms with E-state index in [0.29, 0.717) is 57.7 Å². The van der Waals surface area contributed by atoms with E-state index in [1.807, 2.05) is 0 Å². The van der Waals surface area contributed by atoms with Gasteiger partial charge < -0.3 is 33.6 Å². The first-order valence-corrected chi connectivity index (χ1v) is 10.8. The van der Waals surface area contributed by atoms with Crippen molar-refractivity contribution in [1.29, 1.82) is 0 Å². The topological polar surface area (TPSA) is 110 Å². The Labute approximate surface area is 193 Å². The van der Waals surface area contributed by atoms with Crippen molar-refractivity contribution in [2.45, 2.75) is 12.8 Å². The number of ether oxygens (including phenoxy) is 3. The van der Waals surface area contributed by atoms with E-state index in [4.69, 9.17) is 30.2 Å². The number of fused-ring (bicyclic) bond motifs is 4. The number of amides is 1. The number of aryl methyl sites for hydroxylation is 1. The summed E-state index contributed by atoms with van der Waals surface area (Å²) in [6, 6.07) is 5.04. The summed E-state index contributed by atoms with van der Waals surface area (Å²) in [5.41, 5.74) is 3.12. The Morgan fingerprint density at radius 2 is 2.00 bits per heavy atom. The molecule has 0 aliphatic carbocycles. The molecule has 4 aromatic rings. The fourth-order valence-corrected chi connectivity index (χ4v) is 4.79. The van der Waals surface area contributed by atoms with Gasteiger partial charge in [-0.15, -0.1) is 11.6 Å². The highest BCUT2D eigenvalue weighted by Gasteiger charge is 2.37. The number of phenolic OH excluding ortho intramolecular Hbond substituents is 1. The third-order valence-electron chi connectivity index (χ3n) is 5.96. The molecule has 2 N–H and O–H groups in total. The first kappa shape index (κ1) is 21.3. The molecule has 9 nitrogen and oxygen atoms in total. The molecule has 0 spiro atoms. The number of nitrogens with zero attached hydrogens (tertiary/aromatic N) is 2. The van der Waals surface area contributed by atoms with Crippen LogP contribution in [0.5, 0.6) is 23.0 Å². The van der Waals surface area contributed by atoms with Crippen LogP contribution in [0, 0.1) is 6.92 Å². The lowest BCUT2D eigenvalue weighted by molar-refractivity contribution is 0.0984. The molecule has 10 heteroatoms. The van der Waals surface area contributed by atoms with E-state index in [2.05, 4.69) is 9.97 Å². The zero-order chi connectivity index (χ0) is 23.4. The Balaban J connectivity index is 1.64. The van der Waals surface area contributed by atoms with Gasteiger partial charge in [-0.25, -0.2) is 4.98 Å². The van der Waals surface area contributed by atoms with E-state index in [1.165, 1.54) is 27.4 Å². The number of aromatic amines is 1. The van der Waals surface area contributed by atoms with Crippen molar-refractivity contribution < 1.29 is 28.5 Å². The normalized spacial score (nSPS) is 15.3. The van der Waals surface area contributed by atoms with Crippen LogP contribution in [0.2, 0.25) is 0 Å². The molecule has 1 atom stereocenters. The van der Waals surface area contributed by atoms with Crippen molar-refractivity contribution in [2.75, 3.05) is 38.7 Å². The molecule has 5 rings (SSSR count). The lowest BCUT2D eigenvalue weighted by Gasteiger charge is -2.17. The van der Waals surface area contributed by atoms with Crippen molar-refractivity contribution in [3.8, 4) is 23.0 Å². The van der Waals surface area contributed by atoms with E-state index in [0.717, 1.165) is 10.9 Å². The predicted molar refractivity (Wildman–Crippen MR) is 124 cm³/mol. The number of benzene rings is 2. The summed E-state index contributed by atoms with van der Waals surface area (Å²) in [6.07, 6.45) is 0. The van der Waals surface area contributed by atoms with Crippen molar-refractivity contribution in [1.82, 2.24) is 9.97 Å². The standard InChI is InChI=1S/C23H22ClN3O6/c1-10-25-19-17-12(8-24)9-27(14(17)7-15(28)20(19)33-10)23(29)13-5-11-6-16(30-2)21(31-3)22(32-4)18(11)26-13/h5-7,12,26,28H,8-9H2,1-4H3/t12-/m1/s1. The Bertz CT molecular complexity index is 1410. The molecule has 3 heterocycles. The molecule has 0 bridgehead atoms. The zero-order valence-electron chi connectivity index (χ0n) is 18.5. The Hall–Kier alpha value is -3.59. The zero-order valence-corrected chi connectivity index (χ0v) is 19.2. The average molecular weight is 472 g/mol. The number of hydrogen-bond donors (Lipinski definition) is 2. The van der Waals surface area contributed by atoms with E-state index >= 15 is 0 Å². The maximum atomic E-state index is 13.6. The first-order valence-electron chi connectivity index (χ1n) is 10.2. The number of hydrogen-bond acceptors (Lipinski definition) is 7. The van der Waals surface area contributed by atoms with Crippen LogP contribution >= 0.6 is 11.6 Å². The number of aromatic nitrogens is 2. The summed E-state index contributed by atoms with van der Waals surface area (Å²) < 4.78 is 22.0. The molecule has 0 radical (unpaired) electrons. The van der Waals surface area contributed by atoms with Crippen LogP contribution in [-0.4, -0.2) is 54.7 Å². The van der Waals surface area contributed by atoms with Crippen LogP contribution in [0.1, 0.15) is 27.9 Å². The predicted octanol–water partition coefficient (Wildman–Crippen LogP) is 4.33. The van der Waals surface area contributed by atoms with Gasteiger partial charge in [0.05, 0.1) is 32.5 Å². The number of H-pyrrole nitrogens is 1. The van der Waals surface area contributed by atoms with E-state index < -0.39 is 0 Å². The number of rotatable bonds is 5. The second-order valence-corrected chi connectivity index (χ2v) is 8.11. The molecule has 2 aromatic carbocycles. The molecule has 0 fully saturated rings. The van der Waals surface area contributed by atoms with E-state index in [-0.39, 0.29) is 23.5 Å². The number of halogens is 1. The van der Waals surface area contributed by atoms with Gasteiger partial charge in [0.25, 0.3) is 5.91 Å². The quantitative estimate of drug-likeness (QED) is 0.417. The highest BCUT2D eigenvalue weighted by molar-refractivity contribution is 6.19. The minimum Gasteiger partial charge on any atom is -0.504 e. The fraction of sp³-hybridized carbons (Fsp3) is 0.304. The van der Waals surface area contributed by atoms with Gasteiger partial charge in [0.2, 0.25) is 5.75 Å². The monoisotopic (exact) mass is 471 g/mol. The second-order valence-electron chi connectivity index (χ2n) is 7.80. The largest absolute Gasteiger partial charge is 0.504 e. The van der Waals surface area contributed by atoms with E-state index in [1.54, 1.807) is 24.0 Å². The maximum absolute atomic E-state index is 13.6. The number of oxazole rings is 1. The average Bonchev–Trinajstić information content (AvgIpc) is 3.51. The third kappa shape index (κ3) is 3.06. The first-order chi connectivity index (χ1) is 15.9. The SMILES string of the molecule is COc1cc2cc(C(=O)N3C[C@@H](CCl)c4c3cc(O)c3oc(C)nc43)[nH]c2c(OC)c1OC. The number of nitrogens with one attached hydrogen (secondary N) is 1. The summed E-state index contributed by atoms with van der Waals surface area (Å²) in [7, 11) is 4.58. The summed E-state index contributed by atoms with van der Waals surface area (Å²) in [5, 5.41) is 11.2. The third-order valence-corrected chi connectivity index (χ3v) is 6.33. The fourth-order valence-electron chi connectivity index (χ4n) is 4.54. The molecular weight excluding hydrogens is 450 g/mol. The molecule has 0 saturated carbocycles. The number of anilines is 1. The second kappa shape index (κ2) is 7.77. The number of methoxy groups -OCH3 is 3. The number of carbonyl (C=O) groups is 1. The molecule has 2 aromatic heterocycles. The van der Waals surface area contributed by atoms with Gasteiger partial charge in [0.15, 0.2) is 28.7 Å². The van der Waals surface area contributed by atoms with Gasteiger partial charge in [0.1, 0.15) is 11.2 Å². The molecule has 1 amide bonds. The number of aromatic hydroxyl groups is 1. The van der Waals surface area contributed by atoms with Gasteiger partial charge >= 0.3 is 0 Å². The number of alkyl halides is 1. The molecule has 1 aliphatic heterocycles. The summed E-state index contributed by atoms with van der Waals surface area (Å²) in [4.78, 5) is 22.8. The van der Waals surface area contributed by atoms with Crippen LogP contribution in [0.4, 0.5) is 5.69 Å². The van der Waals surface area contributed by atoms with Crippen LogP contribution in [0.15, 0.2) is 22.6 Å². The lowest BCUT2D eigenvalue weighted by atomic mass is 10.0. The van der Waals surface area contributed by atoms with Crippen molar-refractivity contribution in [3.63, 3.8) is 0 Å². The molecule has 0 unspecified atom stereocenters. The van der Waals surface area contributed by atoms with Crippen molar-refractivity contribution >= 4 is 45.2 Å². The Kier molecular flexibility index (Phi) is 5.01. The van der Waals surface area contributed by atoms with Gasteiger partial charge in [-0.3, -0.25) is 4.79 Å². The van der Waals surface area contributed by atoms with Gasteiger partial charge in [0, 0.05) is 42.3 Å². The minimum absolute atomic E-state index is 0.0786. The molecule has 172 valence electrons. The van der Waals surface area contributed by atoms with Gasteiger partial charge in [-0.2, -0.15) is 0 Å². The Morgan fingerprint density at radius 3 is 2.67 bits per heavy atom. The van der Waals surface area contributed by atoms with Crippen LogP contribution in [0.3, 0.4) is 0 Å². The minimum atomic E-state index is -0.279. The van der Waals surface area contributed by atoms with Crippen molar-refractivity contribution in [3.05, 3.63) is 35.3 Å². The Morgan fingerprint density at radius 1 is 1.24 bits per heavy atom. The number of phenols is 1. The van der Waals surface area contributed by atoms with Crippen LogP contribution in [0.25, 0.3) is 22.0 Å². The summed E-state index contributed by atoms with van der Waals surface area (Å²) >= 11 is 6.26. The van der Waals surface area contributed by atoms with Crippen LogP contribution < -0.4 is 19.1 Å². The maximum Gasteiger partial charge on any atom is 0.274 e. The summed E-state index contributed by atoms with van der Waals surface area (Å²) in [5.74, 6) is 1.55. The van der Waals surface area contributed by atoms with Gasteiger partial charge in [-0.05, 0) is 12.1 Å². The molecule has 33 heavy (non-hydrogen) atoms. The highest BCUT2D eigenvalue weighted by atomic mass is 35.5. The summed E-state index contributed by atoms with van der Waals surface area (Å²) in [6.45, 7) is 2.06. The highest BCUT2D eigenvalue weighted by Crippen LogP contribution is 2.47. The van der Waals surface area contributed by atoms with Crippen LogP contribution in [-0.2, 0) is 0 Å². The molecule has 1 aliphatic rings. The van der Waals surface area contributed by atoms with Crippen molar-refractivity contribution in [2.24, 2.45) is 0 Å². The van der Waals surface area contributed by atoms with E-state index in [9.17, 15) is 9.90 Å². The number of carbonyl (C=O) groups excluding carboxylic acids is 1. The molecular formula is C23H22ClN3O6. The smallest absolute Gasteiger partial charge is 0.274 e.